The van der Waals surface area contributed by atoms with Crippen LogP contribution in [0.4, 0.5) is 0 Å². The molecule has 46 heavy (non-hydrogen) atoms. The van der Waals surface area contributed by atoms with Gasteiger partial charge in [0.1, 0.15) is 24.4 Å². The molecule has 7 rings (SSSR count). The summed E-state index contributed by atoms with van der Waals surface area (Å²) < 4.78 is 68.1. The van der Waals surface area contributed by atoms with Crippen LogP contribution in [-0.4, -0.2) is 97.2 Å². The van der Waals surface area contributed by atoms with Crippen LogP contribution < -0.4 is 23.5 Å². The topological polar surface area (TPSA) is 207 Å². The van der Waals surface area contributed by atoms with Gasteiger partial charge in [0.2, 0.25) is 12.5 Å². The highest BCUT2D eigenvalue weighted by atomic mass is 31.2. The van der Waals surface area contributed by atoms with Crippen molar-refractivity contribution < 1.29 is 76.5 Å². The fourth-order valence-electron chi connectivity index (χ4n) is 6.93. The molecule has 17 heteroatoms. The lowest BCUT2D eigenvalue weighted by molar-refractivity contribution is -0.364. The lowest BCUT2D eigenvalue weighted by Crippen LogP contribution is -2.63. The van der Waals surface area contributed by atoms with Crippen molar-refractivity contribution in [1.82, 2.24) is 0 Å². The Morgan fingerprint density at radius 3 is 2.22 bits per heavy atom. The maximum atomic E-state index is 13.5. The number of carbonyl (C=O) groups excluding carboxylic acids is 1. The molecule has 0 saturated carbocycles. The molecule has 1 aliphatic carbocycles. The Balaban J connectivity index is 1.32. The molecule has 0 aromatic heterocycles. The van der Waals surface area contributed by atoms with Crippen LogP contribution in [0.2, 0.25) is 0 Å². The van der Waals surface area contributed by atoms with Gasteiger partial charge in [0.15, 0.2) is 35.6 Å². The Hall–Kier alpha value is -3.18. The number of hydrogen-bond donors (Lipinski definition) is 4. The molecule has 10 atom stereocenters. The van der Waals surface area contributed by atoms with Gasteiger partial charge >= 0.3 is 13.8 Å². The number of esters is 1. The standard InChI is InChI=1S/C29H33O16P/c1-11-38-9-20-27(42-11)23(30)24(31)29(43-20)44-25-14-7-17-16(40-10-41-17)6-13(14)21(22-15(25)8-39-28(22)32)12-4-18(36-2)26(19(5-12)37-3)45-46(33,34)35/h4-7,11,15,20-25,27,29-31H,8-10H2,1-3H3,(H2,33,34,35)/t11-,15+,20?,21-,22+,23-,24-,25?,27?,29+/m1/s1. The Bertz CT molecular complexity index is 1530. The fourth-order valence-corrected chi connectivity index (χ4v) is 7.35. The zero-order valence-corrected chi connectivity index (χ0v) is 25.7. The molecular weight excluding hydrogens is 635 g/mol. The average molecular weight is 669 g/mol. The molecular formula is C29H33O16P. The van der Waals surface area contributed by atoms with Crippen molar-refractivity contribution in [2.45, 2.75) is 55.9 Å². The number of aliphatic hydroxyl groups excluding tert-OH is 2. The van der Waals surface area contributed by atoms with E-state index >= 15 is 0 Å². The summed E-state index contributed by atoms with van der Waals surface area (Å²) >= 11 is 0. The second-order valence-electron chi connectivity index (χ2n) is 11.6. The number of hydrogen-bond acceptors (Lipinski definition) is 14. The van der Waals surface area contributed by atoms with E-state index in [1.54, 1.807) is 19.1 Å². The molecule has 3 fully saturated rings. The molecule has 250 valence electrons. The van der Waals surface area contributed by atoms with Crippen molar-refractivity contribution in [2.24, 2.45) is 11.8 Å². The molecule has 0 bridgehead atoms. The highest BCUT2D eigenvalue weighted by Crippen LogP contribution is 2.57. The normalized spacial score (nSPS) is 34.6. The highest BCUT2D eigenvalue weighted by molar-refractivity contribution is 7.46. The number of benzene rings is 2. The number of phosphoric acid groups is 1. The summed E-state index contributed by atoms with van der Waals surface area (Å²) in [4.78, 5) is 32.5. The molecule has 3 saturated heterocycles. The number of ether oxygens (including phenoxy) is 9. The van der Waals surface area contributed by atoms with Gasteiger partial charge in [-0.1, -0.05) is 0 Å². The minimum atomic E-state index is -5.00. The van der Waals surface area contributed by atoms with E-state index in [0.29, 0.717) is 28.2 Å². The summed E-state index contributed by atoms with van der Waals surface area (Å²) in [5.74, 6) is -2.25. The minimum absolute atomic E-state index is 0.0303. The third kappa shape index (κ3) is 5.37. The van der Waals surface area contributed by atoms with Gasteiger partial charge in [0.05, 0.1) is 39.5 Å². The number of cyclic esters (lactones) is 1. The molecule has 2 aromatic carbocycles. The third-order valence-corrected chi connectivity index (χ3v) is 9.36. The van der Waals surface area contributed by atoms with E-state index in [0.717, 1.165) is 0 Å². The molecule has 4 heterocycles. The van der Waals surface area contributed by atoms with Crippen molar-refractivity contribution in [3.8, 4) is 28.7 Å². The van der Waals surface area contributed by atoms with Crippen molar-refractivity contribution >= 4 is 13.8 Å². The van der Waals surface area contributed by atoms with Gasteiger partial charge in [-0.05, 0) is 47.9 Å². The Kier molecular flexibility index (Phi) is 8.07. The lowest BCUT2D eigenvalue weighted by Gasteiger charge is -2.47. The van der Waals surface area contributed by atoms with Crippen molar-refractivity contribution in [1.29, 1.82) is 0 Å². The third-order valence-electron chi connectivity index (χ3n) is 8.94. The summed E-state index contributed by atoms with van der Waals surface area (Å²) in [6.07, 6.45) is -7.18. The van der Waals surface area contributed by atoms with E-state index in [4.69, 9.17) is 47.2 Å². The first-order valence-electron chi connectivity index (χ1n) is 14.5. The van der Waals surface area contributed by atoms with Crippen molar-refractivity contribution in [3.05, 3.63) is 41.0 Å². The van der Waals surface area contributed by atoms with Crippen LogP contribution in [0.25, 0.3) is 0 Å². The van der Waals surface area contributed by atoms with Gasteiger partial charge in [-0.2, -0.15) is 0 Å². The largest absolute Gasteiger partial charge is 0.525 e. The molecule has 3 unspecified atom stereocenters. The molecule has 16 nitrogen and oxygen atoms in total. The van der Waals surface area contributed by atoms with Crippen LogP contribution in [-0.2, 0) is 33.0 Å². The van der Waals surface area contributed by atoms with E-state index in [1.807, 2.05) is 0 Å². The summed E-state index contributed by atoms with van der Waals surface area (Å²) in [7, 11) is -2.40. The summed E-state index contributed by atoms with van der Waals surface area (Å²) in [5.41, 5.74) is 1.65. The van der Waals surface area contributed by atoms with Gasteiger partial charge in [0.25, 0.3) is 0 Å². The number of fused-ring (bicyclic) bond motifs is 4. The monoisotopic (exact) mass is 668 g/mol. The SMILES string of the molecule is COc1cc([C@@H]2c3cc4c(cc3C(O[C@@H]3OC5CO[C@@H](C)OC5[C@H](O)[C@H]3O)[C@H]3COC(=O)[C@H]23)OCO4)cc(OC)c1OP(=O)(O)O. The second kappa shape index (κ2) is 11.8. The fraction of sp³-hybridized carbons (Fsp3) is 0.552. The van der Waals surface area contributed by atoms with Crippen LogP contribution >= 0.6 is 7.82 Å². The number of methoxy groups -OCH3 is 2. The average Bonchev–Trinajstić information content (AvgIpc) is 3.64. The van der Waals surface area contributed by atoms with E-state index < -0.39 is 74.6 Å². The second-order valence-corrected chi connectivity index (χ2v) is 12.7. The molecule has 5 aliphatic rings. The summed E-state index contributed by atoms with van der Waals surface area (Å²) in [6, 6.07) is 6.47. The highest BCUT2D eigenvalue weighted by Gasteiger charge is 2.56. The van der Waals surface area contributed by atoms with Crippen LogP contribution in [0.3, 0.4) is 0 Å². The first-order valence-corrected chi connectivity index (χ1v) is 16.1. The van der Waals surface area contributed by atoms with Gasteiger partial charge < -0.3 is 57.4 Å². The van der Waals surface area contributed by atoms with Gasteiger partial charge in [-0.15, -0.1) is 0 Å². The molecule has 4 N–H and O–H groups in total. The number of aliphatic hydroxyl groups is 2. The molecule has 0 spiro atoms. The van der Waals surface area contributed by atoms with E-state index in [-0.39, 0.29) is 37.3 Å². The van der Waals surface area contributed by atoms with Crippen LogP contribution in [0, 0.1) is 11.8 Å². The first kappa shape index (κ1) is 31.4. The van der Waals surface area contributed by atoms with Crippen molar-refractivity contribution in [2.75, 3.05) is 34.2 Å². The zero-order chi connectivity index (χ0) is 32.5. The first-order chi connectivity index (χ1) is 22.0. The predicted octanol–water partition coefficient (Wildman–Crippen LogP) is 1.10. The summed E-state index contributed by atoms with van der Waals surface area (Å²) in [5, 5.41) is 22.0. The number of rotatable bonds is 7. The van der Waals surface area contributed by atoms with Gasteiger partial charge in [-0.3, -0.25) is 14.6 Å². The molecule has 4 aliphatic heterocycles. The maximum Gasteiger partial charge on any atom is 0.525 e. The molecule has 2 aromatic rings. The van der Waals surface area contributed by atoms with Gasteiger partial charge in [-0.25, -0.2) is 4.57 Å². The quantitative estimate of drug-likeness (QED) is 0.241. The minimum Gasteiger partial charge on any atom is -0.493 e. The van der Waals surface area contributed by atoms with Crippen molar-refractivity contribution in [3.63, 3.8) is 0 Å². The zero-order valence-electron chi connectivity index (χ0n) is 24.8. The number of carbonyl (C=O) groups is 1. The Morgan fingerprint density at radius 1 is 0.891 bits per heavy atom. The summed E-state index contributed by atoms with van der Waals surface area (Å²) in [6.45, 7) is 1.72. The Morgan fingerprint density at radius 2 is 1.57 bits per heavy atom. The van der Waals surface area contributed by atoms with Crippen LogP contribution in [0.15, 0.2) is 24.3 Å². The Labute approximate surface area is 262 Å². The molecule has 0 amide bonds. The van der Waals surface area contributed by atoms with E-state index in [2.05, 4.69) is 0 Å². The maximum absolute atomic E-state index is 13.5. The van der Waals surface area contributed by atoms with Crippen LogP contribution in [0.1, 0.15) is 35.6 Å². The number of phosphoric ester groups is 1. The van der Waals surface area contributed by atoms with E-state index in [1.165, 1.54) is 26.4 Å². The van der Waals surface area contributed by atoms with Gasteiger partial charge in [0, 0.05) is 11.8 Å². The predicted molar refractivity (Wildman–Crippen MR) is 149 cm³/mol. The smallest absolute Gasteiger partial charge is 0.493 e. The van der Waals surface area contributed by atoms with Crippen LogP contribution in [0.5, 0.6) is 28.7 Å². The lowest BCUT2D eigenvalue weighted by atomic mass is 9.66. The van der Waals surface area contributed by atoms with E-state index in [9.17, 15) is 29.4 Å². The molecule has 0 radical (unpaired) electrons.